The molecule has 22 nitrogen and oxygen atoms in total. The van der Waals surface area contributed by atoms with Crippen LogP contribution in [0.2, 0.25) is 0 Å². The summed E-state index contributed by atoms with van der Waals surface area (Å²) in [5.74, 6) is -1.51. The van der Waals surface area contributed by atoms with Crippen molar-refractivity contribution in [2.75, 3.05) is 96.1 Å². The summed E-state index contributed by atoms with van der Waals surface area (Å²) in [6.45, 7) is -1.75. The Kier molecular flexibility index (Phi) is 19.5. The minimum atomic E-state index is -4.52. The third-order valence-corrected chi connectivity index (χ3v) is 7.44. The molecule has 50 heavy (non-hydrogen) atoms. The van der Waals surface area contributed by atoms with Gasteiger partial charge in [0, 0.05) is 51.6 Å². The van der Waals surface area contributed by atoms with Crippen molar-refractivity contribution < 1.29 is 105 Å². The van der Waals surface area contributed by atoms with Crippen LogP contribution in [0.1, 0.15) is 0 Å². The summed E-state index contributed by atoms with van der Waals surface area (Å²) in [4.78, 5) is 28.1. The quantitative estimate of drug-likeness (QED) is 0.0391. The summed E-state index contributed by atoms with van der Waals surface area (Å²) in [6.07, 6.45) is -2.25. The van der Waals surface area contributed by atoms with Gasteiger partial charge in [-0.25, -0.2) is 16.8 Å². The smallest absolute Gasteiger partial charge is 0.748 e. The second kappa shape index (κ2) is 21.3. The monoisotopic (exact) mass is 762 g/mol. The van der Waals surface area contributed by atoms with E-state index in [2.05, 4.69) is 51.2 Å². The maximum Gasteiger partial charge on any atom is 1.00 e. The van der Waals surface area contributed by atoms with E-state index in [-0.39, 0.29) is 121 Å². The number of aromatic nitrogens is 6. The average molecular weight is 763 g/mol. The van der Waals surface area contributed by atoms with Crippen LogP contribution in [0, 0.1) is 0 Å². The molecule has 26 heteroatoms. The fourth-order valence-electron chi connectivity index (χ4n) is 3.52. The van der Waals surface area contributed by atoms with Crippen LogP contribution in [-0.4, -0.2) is 153 Å². The first kappa shape index (κ1) is 45.7. The van der Waals surface area contributed by atoms with Gasteiger partial charge in [-0.15, -0.1) is 0 Å². The number of nitrogens with one attached hydrogen (secondary N) is 4. The van der Waals surface area contributed by atoms with Crippen LogP contribution in [-0.2, 0) is 20.2 Å². The van der Waals surface area contributed by atoms with Gasteiger partial charge in [-0.05, 0) is 18.2 Å². The van der Waals surface area contributed by atoms with Crippen LogP contribution in [0.25, 0.3) is 0 Å². The minimum Gasteiger partial charge on any atom is -0.748 e. The van der Waals surface area contributed by atoms with Crippen LogP contribution in [0.3, 0.4) is 0 Å². The number of aliphatic hydroxyl groups is 4. The van der Waals surface area contributed by atoms with E-state index in [1.165, 1.54) is 23.9 Å². The summed E-state index contributed by atoms with van der Waals surface area (Å²) in [7, 11) is -6.11. The van der Waals surface area contributed by atoms with Gasteiger partial charge in [-0.2, -0.15) is 29.9 Å². The Morgan fingerprint density at radius 1 is 0.680 bits per heavy atom. The zero-order valence-electron chi connectivity index (χ0n) is 27.8. The molecule has 0 saturated carbocycles. The molecule has 0 amide bonds. The van der Waals surface area contributed by atoms with Gasteiger partial charge >= 0.3 is 59.1 Å². The summed E-state index contributed by atoms with van der Waals surface area (Å²) < 4.78 is 66.8. The van der Waals surface area contributed by atoms with E-state index in [1.807, 2.05) is 0 Å². The Labute approximate surface area is 332 Å². The predicted molar refractivity (Wildman–Crippen MR) is 171 cm³/mol. The normalized spacial score (nSPS) is 12.5. The van der Waals surface area contributed by atoms with Gasteiger partial charge in [0.1, 0.15) is 0 Å². The van der Waals surface area contributed by atoms with Gasteiger partial charge in [-0.1, -0.05) is 6.07 Å². The van der Waals surface area contributed by atoms with Crippen molar-refractivity contribution in [1.29, 1.82) is 0 Å². The molecular weight excluding hydrogens is 726 g/mol. The molecule has 3 rings (SSSR count). The average Bonchev–Trinajstić information content (AvgIpc) is 3.03. The predicted octanol–water partition coefficient (Wildman–Crippen LogP) is -8.96. The molecule has 0 bridgehead atoms. The third-order valence-electron chi connectivity index (χ3n) is 6.07. The number of rotatable bonds is 20. The number of aliphatic hydroxyl groups excluding tert-OH is 4. The van der Waals surface area contributed by atoms with Crippen molar-refractivity contribution in [3.63, 3.8) is 0 Å². The summed E-state index contributed by atoms with van der Waals surface area (Å²) in [5.41, 5.74) is 0.861. The van der Waals surface area contributed by atoms with Crippen molar-refractivity contribution in [3.8, 4) is 0 Å². The molecular formula is C24H36N12Na2O10S2. The fraction of sp³-hybridized carbons (Fsp3) is 0.500. The molecule has 266 valence electrons. The largest absolute Gasteiger partial charge is 1.00 e. The number of benzene rings is 1. The van der Waals surface area contributed by atoms with Gasteiger partial charge < -0.3 is 60.6 Å². The zero-order chi connectivity index (χ0) is 35.5. The standard InChI is InChI=1S/C24H38N12O10S2.2Na/c1-35(6-8-47(41,42)43)23-31-19(25-11-17(39)13-37)29-21(33-23)27-15-4-3-5-16(10-15)28-22-30-20(26-12-18(40)14-38)32-24(34-22)36(2)7-9-48(44,45)46;;/h3-5,10,17-18,37-40H,6-9,11-14H2,1-2H3,(H,41,42,43)(H,44,45,46)(H2,25,27,29,31,33)(H2,26,28,30,32,34);;/q;2*+1/p-2. The molecule has 0 aliphatic rings. The third kappa shape index (κ3) is 16.8. The molecule has 2 heterocycles. The van der Waals surface area contributed by atoms with Crippen molar-refractivity contribution in [2.45, 2.75) is 12.2 Å². The van der Waals surface area contributed by atoms with Crippen molar-refractivity contribution in [2.24, 2.45) is 0 Å². The van der Waals surface area contributed by atoms with E-state index in [4.69, 9.17) is 10.2 Å². The molecule has 2 atom stereocenters. The van der Waals surface area contributed by atoms with Gasteiger partial charge in [0.15, 0.2) is 0 Å². The Bertz CT molecular complexity index is 1610. The van der Waals surface area contributed by atoms with Crippen molar-refractivity contribution in [1.82, 2.24) is 29.9 Å². The first-order valence-electron chi connectivity index (χ1n) is 14.0. The molecule has 3 aromatic rings. The second-order valence-corrected chi connectivity index (χ2v) is 13.2. The molecule has 0 radical (unpaired) electrons. The minimum absolute atomic E-state index is 0. The van der Waals surface area contributed by atoms with Crippen LogP contribution in [0.15, 0.2) is 24.3 Å². The SMILES string of the molecule is CN(CCS(=O)(=O)[O-])c1nc(NCC(O)CO)nc(Nc2cccc(Nc3nc(NCC(O)CO)nc(N(C)CCS(=O)(=O)[O-])n3)c2)n1.[Na+].[Na+]. The maximum atomic E-state index is 11.1. The molecule has 0 saturated heterocycles. The Hall–Kier alpha value is -2.30. The number of hydrogen-bond acceptors (Lipinski definition) is 22. The van der Waals surface area contributed by atoms with Gasteiger partial charge in [-0.3, -0.25) is 0 Å². The van der Waals surface area contributed by atoms with Crippen LogP contribution in [0.4, 0.5) is 47.1 Å². The summed E-state index contributed by atoms with van der Waals surface area (Å²) in [6, 6.07) is 6.58. The van der Waals surface area contributed by atoms with Crippen LogP contribution < -0.4 is 90.2 Å². The van der Waals surface area contributed by atoms with Crippen molar-refractivity contribution >= 4 is 67.3 Å². The Balaban J connectivity index is 0.00000625. The molecule has 1 aromatic carbocycles. The molecule has 0 aliphatic heterocycles. The number of anilines is 8. The van der Waals surface area contributed by atoms with Gasteiger partial charge in [0.2, 0.25) is 35.7 Å². The molecule has 2 aromatic heterocycles. The van der Waals surface area contributed by atoms with Gasteiger partial charge in [0.05, 0.1) is 57.2 Å². The van der Waals surface area contributed by atoms with Crippen LogP contribution >= 0.6 is 0 Å². The van der Waals surface area contributed by atoms with E-state index in [0.717, 1.165) is 0 Å². The maximum absolute atomic E-state index is 11.1. The summed E-state index contributed by atoms with van der Waals surface area (Å²) in [5, 5.41) is 49.1. The van der Waals surface area contributed by atoms with Crippen LogP contribution in [0.5, 0.6) is 0 Å². The summed E-state index contributed by atoms with van der Waals surface area (Å²) >= 11 is 0. The molecule has 2 unspecified atom stereocenters. The molecule has 0 spiro atoms. The van der Waals surface area contributed by atoms with E-state index in [0.29, 0.717) is 11.4 Å². The first-order chi connectivity index (χ1) is 22.5. The second-order valence-electron chi connectivity index (χ2n) is 10.2. The Morgan fingerprint density at radius 2 is 1.04 bits per heavy atom. The van der Waals surface area contributed by atoms with E-state index in [1.54, 1.807) is 24.3 Å². The van der Waals surface area contributed by atoms with Crippen molar-refractivity contribution in [3.05, 3.63) is 24.3 Å². The van der Waals surface area contributed by atoms with E-state index >= 15 is 0 Å². The number of hydrogen-bond donors (Lipinski definition) is 8. The first-order valence-corrected chi connectivity index (χ1v) is 17.2. The van der Waals surface area contributed by atoms with Gasteiger partial charge in [0.25, 0.3) is 0 Å². The number of nitrogens with zero attached hydrogens (tertiary/aromatic N) is 8. The molecule has 0 fully saturated rings. The Morgan fingerprint density at radius 3 is 1.38 bits per heavy atom. The topological polar surface area (TPSA) is 327 Å². The van der Waals surface area contributed by atoms with E-state index < -0.39 is 57.2 Å². The van der Waals surface area contributed by atoms with E-state index in [9.17, 15) is 36.2 Å². The molecule has 0 aliphatic carbocycles. The molecule has 8 N–H and O–H groups in total. The zero-order valence-corrected chi connectivity index (χ0v) is 33.4. The fourth-order valence-corrected chi connectivity index (χ4v) is 4.51.